The van der Waals surface area contributed by atoms with E-state index < -0.39 is 0 Å². The number of allylic oxidation sites excluding steroid dienone is 3. The third-order valence-electron chi connectivity index (χ3n) is 6.68. The van der Waals surface area contributed by atoms with Gasteiger partial charge in [-0.05, 0) is 62.0 Å². The number of carbonyl (C=O) groups excluding carboxylic acids is 2. The van der Waals surface area contributed by atoms with Gasteiger partial charge in [-0.2, -0.15) is 0 Å². The fourth-order valence-corrected chi connectivity index (χ4v) is 4.98. The molecule has 30 heavy (non-hydrogen) atoms. The number of hydrogen-bond acceptors (Lipinski definition) is 4. The molecule has 0 amide bonds. The third kappa shape index (κ3) is 3.97. The first-order valence-corrected chi connectivity index (χ1v) is 11.3. The molecule has 1 atom stereocenters. The van der Waals surface area contributed by atoms with E-state index in [0.717, 1.165) is 61.1 Å². The van der Waals surface area contributed by atoms with Crippen molar-refractivity contribution in [2.24, 2.45) is 0 Å². The summed E-state index contributed by atoms with van der Waals surface area (Å²) in [5.74, 6) is -0.481. The van der Waals surface area contributed by atoms with Crippen molar-refractivity contribution in [3.8, 4) is 0 Å². The smallest absolute Gasteiger partial charge is 0.337 e. The number of rotatable bonds is 3. The average Bonchev–Trinajstić information content (AvgIpc) is 3.19. The van der Waals surface area contributed by atoms with Crippen LogP contribution in [0.4, 0.5) is 0 Å². The van der Waals surface area contributed by atoms with Gasteiger partial charge in [-0.25, -0.2) is 4.79 Å². The van der Waals surface area contributed by atoms with Crippen LogP contribution in [-0.4, -0.2) is 17.9 Å². The zero-order valence-corrected chi connectivity index (χ0v) is 18.6. The maximum absolute atomic E-state index is 13.3. The van der Waals surface area contributed by atoms with Gasteiger partial charge in [0, 0.05) is 29.3 Å². The number of ether oxygens (including phenoxy) is 1. The van der Waals surface area contributed by atoms with Gasteiger partial charge in [-0.3, -0.25) is 4.79 Å². The van der Waals surface area contributed by atoms with Gasteiger partial charge in [0.1, 0.15) is 6.10 Å². The van der Waals surface area contributed by atoms with E-state index in [4.69, 9.17) is 4.74 Å². The predicted molar refractivity (Wildman–Crippen MR) is 118 cm³/mol. The molecular formula is C26H33NO3. The highest BCUT2D eigenvalue weighted by Crippen LogP contribution is 2.43. The number of benzene rings is 1. The molecule has 1 heterocycles. The van der Waals surface area contributed by atoms with Crippen LogP contribution in [0.15, 0.2) is 46.8 Å². The molecular weight excluding hydrogens is 374 g/mol. The number of carbonyl (C=O) groups is 2. The Morgan fingerprint density at radius 3 is 2.33 bits per heavy atom. The van der Waals surface area contributed by atoms with Crippen molar-refractivity contribution in [3.63, 3.8) is 0 Å². The quantitative estimate of drug-likeness (QED) is 0.678. The van der Waals surface area contributed by atoms with E-state index in [9.17, 15) is 9.59 Å². The first-order chi connectivity index (χ1) is 14.3. The molecule has 4 rings (SSSR count). The van der Waals surface area contributed by atoms with E-state index in [-0.39, 0.29) is 29.2 Å². The highest BCUT2D eigenvalue weighted by Gasteiger charge is 2.39. The zero-order valence-electron chi connectivity index (χ0n) is 18.6. The summed E-state index contributed by atoms with van der Waals surface area (Å²) >= 11 is 0. The van der Waals surface area contributed by atoms with Crippen LogP contribution in [0.5, 0.6) is 0 Å². The van der Waals surface area contributed by atoms with Gasteiger partial charge < -0.3 is 10.1 Å². The number of dihydropyridines is 1. The van der Waals surface area contributed by atoms with Gasteiger partial charge >= 0.3 is 5.97 Å². The van der Waals surface area contributed by atoms with Crippen LogP contribution >= 0.6 is 0 Å². The number of esters is 1. The minimum absolute atomic E-state index is 0.000787. The number of hydrogen-bond donors (Lipinski definition) is 1. The van der Waals surface area contributed by atoms with Crippen LogP contribution in [-0.2, 0) is 19.7 Å². The van der Waals surface area contributed by atoms with Crippen molar-refractivity contribution in [3.05, 3.63) is 57.9 Å². The summed E-state index contributed by atoms with van der Waals surface area (Å²) in [5, 5.41) is 3.38. The Bertz CT molecular complexity index is 909. The van der Waals surface area contributed by atoms with Crippen molar-refractivity contribution in [2.75, 3.05) is 0 Å². The molecule has 1 saturated carbocycles. The number of Topliss-reactive ketones (excluding diaryl/α,β-unsaturated/α-hetero) is 1. The molecule has 0 unspecified atom stereocenters. The van der Waals surface area contributed by atoms with Crippen molar-refractivity contribution in [1.82, 2.24) is 5.32 Å². The molecule has 0 saturated heterocycles. The Labute approximate surface area is 179 Å². The summed E-state index contributed by atoms with van der Waals surface area (Å²) in [4.78, 5) is 26.3. The van der Waals surface area contributed by atoms with E-state index in [1.165, 1.54) is 5.56 Å². The van der Waals surface area contributed by atoms with Crippen molar-refractivity contribution in [2.45, 2.75) is 90.1 Å². The second kappa shape index (κ2) is 8.05. The standard InChI is InChI=1S/C26H33NO3/c1-16-22(25(29)30-19-8-5-6-9-19)23(24-20(27-16)10-7-11-21(24)28)17-12-14-18(15-13-17)26(2,3)4/h12-15,19,23,27H,5-11H2,1-4H3/t23-/m1/s1. The van der Waals surface area contributed by atoms with Gasteiger partial charge in [0.25, 0.3) is 0 Å². The van der Waals surface area contributed by atoms with Crippen LogP contribution in [0, 0.1) is 0 Å². The topological polar surface area (TPSA) is 55.4 Å². The maximum atomic E-state index is 13.3. The third-order valence-corrected chi connectivity index (χ3v) is 6.68. The fourth-order valence-electron chi connectivity index (χ4n) is 4.98. The molecule has 4 heteroatoms. The Morgan fingerprint density at radius 1 is 1.03 bits per heavy atom. The summed E-state index contributed by atoms with van der Waals surface area (Å²) < 4.78 is 5.90. The Morgan fingerprint density at radius 2 is 1.70 bits per heavy atom. The Balaban J connectivity index is 1.75. The fraction of sp³-hybridized carbons (Fsp3) is 0.538. The summed E-state index contributed by atoms with van der Waals surface area (Å²) in [5.41, 5.74) is 5.42. The van der Waals surface area contributed by atoms with Gasteiger partial charge in [0.05, 0.1) is 5.57 Å². The first-order valence-electron chi connectivity index (χ1n) is 11.3. The Kier molecular flexibility index (Phi) is 5.61. The van der Waals surface area contributed by atoms with Crippen molar-refractivity contribution < 1.29 is 14.3 Å². The molecule has 0 bridgehead atoms. The minimum atomic E-state index is -0.350. The molecule has 1 fully saturated rings. The maximum Gasteiger partial charge on any atom is 0.337 e. The molecule has 1 aromatic carbocycles. The lowest BCUT2D eigenvalue weighted by Gasteiger charge is -2.34. The van der Waals surface area contributed by atoms with Crippen LogP contribution in [0.1, 0.15) is 89.7 Å². The largest absolute Gasteiger partial charge is 0.459 e. The van der Waals surface area contributed by atoms with E-state index >= 15 is 0 Å². The molecule has 4 nitrogen and oxygen atoms in total. The molecule has 1 aliphatic heterocycles. The summed E-state index contributed by atoms with van der Waals surface area (Å²) in [6.45, 7) is 8.50. The van der Waals surface area contributed by atoms with Crippen molar-refractivity contribution in [1.29, 1.82) is 0 Å². The average molecular weight is 408 g/mol. The molecule has 0 aromatic heterocycles. The Hall–Kier alpha value is -2.36. The molecule has 2 aliphatic carbocycles. The second-order valence-electron chi connectivity index (χ2n) is 9.95. The molecule has 1 aromatic rings. The lowest BCUT2D eigenvalue weighted by atomic mass is 9.74. The molecule has 0 radical (unpaired) electrons. The molecule has 1 N–H and O–H groups in total. The van der Waals surface area contributed by atoms with E-state index in [2.05, 4.69) is 50.4 Å². The molecule has 3 aliphatic rings. The van der Waals surface area contributed by atoms with Crippen LogP contribution in [0.3, 0.4) is 0 Å². The van der Waals surface area contributed by atoms with E-state index in [1.54, 1.807) is 0 Å². The normalized spacial score (nSPS) is 22.8. The zero-order chi connectivity index (χ0) is 21.5. The second-order valence-corrected chi connectivity index (χ2v) is 9.95. The van der Waals surface area contributed by atoms with Crippen LogP contribution < -0.4 is 5.32 Å². The summed E-state index contributed by atoms with van der Waals surface area (Å²) in [7, 11) is 0. The number of nitrogens with one attached hydrogen (secondary N) is 1. The van der Waals surface area contributed by atoms with Gasteiger partial charge in [-0.1, -0.05) is 45.0 Å². The van der Waals surface area contributed by atoms with Gasteiger partial charge in [0.2, 0.25) is 0 Å². The van der Waals surface area contributed by atoms with Gasteiger partial charge in [-0.15, -0.1) is 0 Å². The van der Waals surface area contributed by atoms with Gasteiger partial charge in [0.15, 0.2) is 5.78 Å². The summed E-state index contributed by atoms with van der Waals surface area (Å²) in [6, 6.07) is 8.42. The molecule has 160 valence electrons. The minimum Gasteiger partial charge on any atom is -0.459 e. The molecule has 0 spiro atoms. The van der Waals surface area contributed by atoms with Crippen LogP contribution in [0.2, 0.25) is 0 Å². The highest BCUT2D eigenvalue weighted by atomic mass is 16.5. The summed E-state index contributed by atoms with van der Waals surface area (Å²) in [6.07, 6.45) is 6.34. The lowest BCUT2D eigenvalue weighted by Crippen LogP contribution is -2.35. The first kappa shape index (κ1) is 20.9. The monoisotopic (exact) mass is 407 g/mol. The highest BCUT2D eigenvalue weighted by molar-refractivity contribution is 6.03. The van der Waals surface area contributed by atoms with Crippen molar-refractivity contribution >= 4 is 11.8 Å². The predicted octanol–water partition coefficient (Wildman–Crippen LogP) is 5.44. The van der Waals surface area contributed by atoms with E-state index in [1.807, 2.05) is 6.92 Å². The number of ketones is 1. The lowest BCUT2D eigenvalue weighted by molar-refractivity contribution is -0.144. The van der Waals surface area contributed by atoms with E-state index in [0.29, 0.717) is 12.0 Å². The van der Waals surface area contributed by atoms with Crippen LogP contribution in [0.25, 0.3) is 0 Å². The SMILES string of the molecule is CC1=C(C(=O)OC2CCCC2)[C@@H](c2ccc(C(C)(C)C)cc2)C2=C(CCCC2=O)N1.